The standard InChI is InChI=1S/C15H22N2O4/c1-9-11-3-4-13(20)12(14(11)16-15(9)21)7-10(19)8-17(2)5-6-18/h3-4,9-10,12,18-19H,5-8H2,1-2H3,(H,16,21). The first-order valence-corrected chi connectivity index (χ1v) is 7.18. The number of hydrogen-bond donors (Lipinski definition) is 3. The summed E-state index contributed by atoms with van der Waals surface area (Å²) in [5.41, 5.74) is 1.49. The molecule has 6 nitrogen and oxygen atoms in total. The van der Waals surface area contributed by atoms with Crippen molar-refractivity contribution < 1.29 is 19.8 Å². The molecule has 0 saturated heterocycles. The molecule has 0 aromatic rings. The van der Waals surface area contributed by atoms with Crippen LogP contribution in [0.25, 0.3) is 0 Å². The quantitative estimate of drug-likeness (QED) is 0.611. The Kier molecular flexibility index (Phi) is 4.92. The first-order chi connectivity index (χ1) is 9.93. The molecule has 0 spiro atoms. The van der Waals surface area contributed by atoms with Crippen molar-refractivity contribution in [3.8, 4) is 0 Å². The minimum Gasteiger partial charge on any atom is -0.395 e. The molecule has 3 atom stereocenters. The van der Waals surface area contributed by atoms with Gasteiger partial charge in [0.25, 0.3) is 0 Å². The predicted octanol–water partition coefficient (Wildman–Crippen LogP) is -0.563. The fourth-order valence-electron chi connectivity index (χ4n) is 2.84. The normalized spacial score (nSPS) is 26.3. The molecule has 0 fully saturated rings. The number of nitrogens with zero attached hydrogens (tertiary/aromatic N) is 1. The van der Waals surface area contributed by atoms with Gasteiger partial charge in [0.05, 0.1) is 24.5 Å². The first-order valence-electron chi connectivity index (χ1n) is 7.18. The van der Waals surface area contributed by atoms with Gasteiger partial charge in [-0.2, -0.15) is 0 Å². The van der Waals surface area contributed by atoms with Crippen molar-refractivity contribution in [2.45, 2.75) is 19.4 Å². The van der Waals surface area contributed by atoms with Crippen molar-refractivity contribution in [1.29, 1.82) is 0 Å². The Hall–Kier alpha value is -1.50. The van der Waals surface area contributed by atoms with E-state index in [4.69, 9.17) is 5.11 Å². The van der Waals surface area contributed by atoms with Gasteiger partial charge in [0.15, 0.2) is 5.78 Å². The highest BCUT2D eigenvalue weighted by molar-refractivity contribution is 6.00. The number of ketones is 1. The Bertz CT molecular complexity index is 498. The van der Waals surface area contributed by atoms with Crippen LogP contribution in [0.1, 0.15) is 13.3 Å². The van der Waals surface area contributed by atoms with Crippen LogP contribution in [0.4, 0.5) is 0 Å². The number of carbonyl (C=O) groups excluding carboxylic acids is 2. The first kappa shape index (κ1) is 15.9. The van der Waals surface area contributed by atoms with Crippen molar-refractivity contribution in [1.82, 2.24) is 10.2 Å². The summed E-state index contributed by atoms with van der Waals surface area (Å²) >= 11 is 0. The fraction of sp³-hybridized carbons (Fsp3) is 0.600. The van der Waals surface area contributed by atoms with Crippen molar-refractivity contribution in [2.24, 2.45) is 11.8 Å². The van der Waals surface area contributed by atoms with Gasteiger partial charge in [0.1, 0.15) is 0 Å². The Labute approximate surface area is 124 Å². The van der Waals surface area contributed by atoms with Crippen molar-refractivity contribution in [2.75, 3.05) is 26.7 Å². The van der Waals surface area contributed by atoms with Crippen LogP contribution in [0, 0.1) is 11.8 Å². The molecule has 1 aliphatic carbocycles. The van der Waals surface area contributed by atoms with Crippen LogP contribution in [-0.4, -0.2) is 59.7 Å². The molecule has 2 rings (SSSR count). The molecule has 0 saturated carbocycles. The zero-order chi connectivity index (χ0) is 15.6. The van der Waals surface area contributed by atoms with E-state index in [1.54, 1.807) is 24.9 Å². The molecule has 1 aliphatic heterocycles. The summed E-state index contributed by atoms with van der Waals surface area (Å²) in [4.78, 5) is 25.6. The number of carbonyl (C=O) groups is 2. The smallest absolute Gasteiger partial charge is 0.231 e. The molecular weight excluding hydrogens is 272 g/mol. The lowest BCUT2D eigenvalue weighted by molar-refractivity contribution is -0.121. The maximum atomic E-state index is 12.1. The molecule has 0 aromatic carbocycles. The van der Waals surface area contributed by atoms with Gasteiger partial charge < -0.3 is 20.4 Å². The second-order valence-corrected chi connectivity index (χ2v) is 5.74. The molecule has 21 heavy (non-hydrogen) atoms. The van der Waals surface area contributed by atoms with E-state index in [-0.39, 0.29) is 30.6 Å². The van der Waals surface area contributed by atoms with Gasteiger partial charge in [-0.15, -0.1) is 0 Å². The highest BCUT2D eigenvalue weighted by atomic mass is 16.3. The second kappa shape index (κ2) is 6.51. The molecule has 0 aromatic heterocycles. The number of hydrogen-bond acceptors (Lipinski definition) is 5. The predicted molar refractivity (Wildman–Crippen MR) is 77.2 cm³/mol. The van der Waals surface area contributed by atoms with E-state index in [1.165, 1.54) is 6.08 Å². The molecule has 6 heteroatoms. The summed E-state index contributed by atoms with van der Waals surface area (Å²) in [6, 6.07) is 0. The van der Waals surface area contributed by atoms with E-state index in [2.05, 4.69) is 5.32 Å². The Balaban J connectivity index is 2.05. The lowest BCUT2D eigenvalue weighted by Crippen LogP contribution is -2.36. The van der Waals surface area contributed by atoms with Gasteiger partial charge in [-0.25, -0.2) is 0 Å². The molecular formula is C15H22N2O4. The number of rotatable bonds is 6. The molecule has 3 N–H and O–H groups in total. The van der Waals surface area contributed by atoms with Crippen LogP contribution in [0.15, 0.2) is 23.4 Å². The Morgan fingerprint density at radius 3 is 2.76 bits per heavy atom. The molecule has 0 radical (unpaired) electrons. The van der Waals surface area contributed by atoms with Crippen molar-refractivity contribution in [3.05, 3.63) is 23.4 Å². The van der Waals surface area contributed by atoms with Crippen LogP contribution in [0.2, 0.25) is 0 Å². The highest BCUT2D eigenvalue weighted by Crippen LogP contribution is 2.33. The zero-order valence-electron chi connectivity index (χ0n) is 12.4. The number of nitrogens with one attached hydrogen (secondary N) is 1. The van der Waals surface area contributed by atoms with E-state index < -0.39 is 12.0 Å². The maximum Gasteiger partial charge on any atom is 0.231 e. The highest BCUT2D eigenvalue weighted by Gasteiger charge is 2.37. The number of amides is 1. The number of likely N-dealkylation sites (N-methyl/N-ethyl adjacent to an activating group) is 1. The SMILES string of the molecule is CC1C(=O)NC2=C1C=CC(=O)C2CC(O)CN(C)CCO. The van der Waals surface area contributed by atoms with Crippen LogP contribution in [0.3, 0.4) is 0 Å². The third kappa shape index (κ3) is 3.40. The summed E-state index contributed by atoms with van der Waals surface area (Å²) in [6.45, 7) is 2.68. The molecule has 1 amide bonds. The van der Waals surface area contributed by atoms with Crippen molar-refractivity contribution in [3.63, 3.8) is 0 Å². The second-order valence-electron chi connectivity index (χ2n) is 5.74. The van der Waals surface area contributed by atoms with Crippen LogP contribution in [-0.2, 0) is 9.59 Å². The number of allylic oxidation sites excluding steroid dienone is 3. The minimum absolute atomic E-state index is 0.0250. The third-order valence-electron chi connectivity index (χ3n) is 4.06. The van der Waals surface area contributed by atoms with Crippen LogP contribution >= 0.6 is 0 Å². The largest absolute Gasteiger partial charge is 0.395 e. The average molecular weight is 294 g/mol. The van der Waals surface area contributed by atoms with Crippen LogP contribution in [0.5, 0.6) is 0 Å². The average Bonchev–Trinajstić information content (AvgIpc) is 2.69. The Morgan fingerprint density at radius 1 is 1.38 bits per heavy atom. The monoisotopic (exact) mass is 294 g/mol. The summed E-state index contributed by atoms with van der Waals surface area (Å²) in [6.07, 6.45) is 2.76. The zero-order valence-corrected chi connectivity index (χ0v) is 12.4. The van der Waals surface area contributed by atoms with Gasteiger partial charge in [0, 0.05) is 18.8 Å². The Morgan fingerprint density at radius 2 is 2.10 bits per heavy atom. The van der Waals surface area contributed by atoms with E-state index in [9.17, 15) is 14.7 Å². The topological polar surface area (TPSA) is 89.9 Å². The number of aliphatic hydroxyl groups is 2. The molecule has 1 heterocycles. The molecule has 3 unspecified atom stereocenters. The molecule has 0 bridgehead atoms. The van der Waals surface area contributed by atoms with Crippen LogP contribution < -0.4 is 5.32 Å². The fourth-order valence-corrected chi connectivity index (χ4v) is 2.84. The minimum atomic E-state index is -0.691. The van der Waals surface area contributed by atoms with E-state index in [1.807, 2.05) is 0 Å². The van der Waals surface area contributed by atoms with Gasteiger partial charge in [-0.05, 0) is 32.0 Å². The number of aliphatic hydroxyl groups excluding tert-OH is 2. The summed E-state index contributed by atoms with van der Waals surface area (Å²) in [7, 11) is 1.80. The maximum absolute atomic E-state index is 12.1. The van der Waals surface area contributed by atoms with Gasteiger partial charge in [0.2, 0.25) is 5.91 Å². The van der Waals surface area contributed by atoms with Gasteiger partial charge >= 0.3 is 0 Å². The van der Waals surface area contributed by atoms with E-state index in [0.717, 1.165) is 5.57 Å². The molecule has 2 aliphatic rings. The lowest BCUT2D eigenvalue weighted by atomic mass is 9.85. The summed E-state index contributed by atoms with van der Waals surface area (Å²) in [5.74, 6) is -0.930. The van der Waals surface area contributed by atoms with E-state index in [0.29, 0.717) is 18.8 Å². The summed E-state index contributed by atoms with van der Waals surface area (Å²) in [5, 5.41) is 21.8. The van der Waals surface area contributed by atoms with E-state index >= 15 is 0 Å². The lowest BCUT2D eigenvalue weighted by Gasteiger charge is -2.25. The van der Waals surface area contributed by atoms with Crippen molar-refractivity contribution >= 4 is 11.7 Å². The van der Waals surface area contributed by atoms with Gasteiger partial charge in [-0.1, -0.05) is 6.08 Å². The van der Waals surface area contributed by atoms with Gasteiger partial charge in [-0.3, -0.25) is 9.59 Å². The third-order valence-corrected chi connectivity index (χ3v) is 4.06. The molecule has 116 valence electrons. The summed E-state index contributed by atoms with van der Waals surface area (Å²) < 4.78 is 0.